The van der Waals surface area contributed by atoms with Crippen LogP contribution < -0.4 is 0 Å². The average Bonchev–Trinajstić information content (AvgIpc) is 2.15. The molecule has 0 fully saturated rings. The molecule has 0 saturated heterocycles. The van der Waals surface area contributed by atoms with Crippen LogP contribution in [0, 0.1) is 0 Å². The molecule has 0 aromatic carbocycles. The molecule has 0 unspecified atom stereocenters. The topological polar surface area (TPSA) is 52.0 Å². The zero-order valence-electron chi connectivity index (χ0n) is 9.61. The van der Waals surface area contributed by atoms with Crippen LogP contribution in [0.3, 0.4) is 0 Å². The molecule has 0 atom stereocenters. The van der Waals surface area contributed by atoms with Crippen molar-refractivity contribution in [1.82, 2.24) is 4.90 Å². The summed E-state index contributed by atoms with van der Waals surface area (Å²) in [5.74, 6) is 0. The Morgan fingerprint density at radius 1 is 1.29 bits per heavy atom. The molecule has 4 nitrogen and oxygen atoms in total. The Labute approximate surface area is 86.9 Å². The van der Waals surface area contributed by atoms with Crippen LogP contribution in [0.15, 0.2) is 5.11 Å². The van der Waals surface area contributed by atoms with Gasteiger partial charge >= 0.3 is 0 Å². The number of hydrogen-bond donors (Lipinski definition) is 0. The maximum absolute atomic E-state index is 8.17. The van der Waals surface area contributed by atoms with Crippen molar-refractivity contribution in [3.63, 3.8) is 0 Å². The first kappa shape index (κ1) is 13.3. The number of unbranched alkanes of at least 4 members (excludes halogenated alkanes) is 2. The van der Waals surface area contributed by atoms with E-state index in [1.165, 1.54) is 19.3 Å². The molecular formula is C10H22N4. The molecule has 0 saturated carbocycles. The molecule has 82 valence electrons. The third kappa shape index (κ3) is 6.75. The fraction of sp³-hybridized carbons (Fsp3) is 1.00. The van der Waals surface area contributed by atoms with Gasteiger partial charge in [0.1, 0.15) is 0 Å². The number of nitrogens with zero attached hydrogens (tertiary/aromatic N) is 4. The lowest BCUT2D eigenvalue weighted by Crippen LogP contribution is -2.33. The first-order chi connectivity index (χ1) is 6.72. The molecule has 14 heavy (non-hydrogen) atoms. The lowest BCUT2D eigenvalue weighted by Gasteiger charge is -2.25. The van der Waals surface area contributed by atoms with Crippen molar-refractivity contribution in [3.05, 3.63) is 10.4 Å². The highest BCUT2D eigenvalue weighted by atomic mass is 15.2. The first-order valence-electron chi connectivity index (χ1n) is 5.47. The second kappa shape index (κ2) is 8.85. The molecule has 0 aromatic heterocycles. The van der Waals surface area contributed by atoms with E-state index >= 15 is 0 Å². The van der Waals surface area contributed by atoms with Crippen LogP contribution in [0.5, 0.6) is 0 Å². The molecule has 0 amide bonds. The van der Waals surface area contributed by atoms with Gasteiger partial charge in [-0.05, 0) is 32.3 Å². The molecule has 0 rings (SSSR count). The quantitative estimate of drug-likeness (QED) is 0.256. The smallest absolute Gasteiger partial charge is 0.0385 e. The maximum atomic E-state index is 8.17. The SMILES string of the molecule is CCCCCN(CCN=[N+]=[N-])C(C)C. The van der Waals surface area contributed by atoms with Crippen LogP contribution in [-0.2, 0) is 0 Å². The van der Waals surface area contributed by atoms with E-state index < -0.39 is 0 Å². The van der Waals surface area contributed by atoms with Crippen molar-refractivity contribution in [2.24, 2.45) is 5.11 Å². The zero-order valence-corrected chi connectivity index (χ0v) is 9.61. The van der Waals surface area contributed by atoms with Gasteiger partial charge < -0.3 is 4.90 Å². The molecule has 0 aliphatic rings. The summed E-state index contributed by atoms with van der Waals surface area (Å²) in [6.45, 7) is 9.16. The summed E-state index contributed by atoms with van der Waals surface area (Å²) in [6, 6.07) is 0.542. The van der Waals surface area contributed by atoms with E-state index in [-0.39, 0.29) is 0 Å². The van der Waals surface area contributed by atoms with Gasteiger partial charge in [-0.1, -0.05) is 24.9 Å². The second-order valence-electron chi connectivity index (χ2n) is 3.79. The maximum Gasteiger partial charge on any atom is 0.0385 e. The van der Waals surface area contributed by atoms with Crippen LogP contribution >= 0.6 is 0 Å². The van der Waals surface area contributed by atoms with Crippen LogP contribution in [0.1, 0.15) is 40.0 Å². The third-order valence-corrected chi connectivity index (χ3v) is 2.33. The third-order valence-electron chi connectivity index (χ3n) is 2.33. The lowest BCUT2D eigenvalue weighted by molar-refractivity contribution is 0.223. The van der Waals surface area contributed by atoms with Crippen molar-refractivity contribution in [2.45, 2.75) is 46.1 Å². The predicted molar refractivity (Wildman–Crippen MR) is 60.2 cm³/mol. The van der Waals surface area contributed by atoms with Crippen LogP contribution in [0.2, 0.25) is 0 Å². The summed E-state index contributed by atoms with van der Waals surface area (Å²) in [4.78, 5) is 5.13. The Kier molecular flexibility index (Phi) is 8.39. The molecule has 4 heteroatoms. The molecule has 0 aliphatic carbocycles. The Hall–Kier alpha value is -0.730. The van der Waals surface area contributed by atoms with Crippen molar-refractivity contribution in [2.75, 3.05) is 19.6 Å². The van der Waals surface area contributed by atoms with Gasteiger partial charge in [0, 0.05) is 24.0 Å². The zero-order chi connectivity index (χ0) is 10.8. The van der Waals surface area contributed by atoms with Gasteiger partial charge in [-0.2, -0.15) is 0 Å². The van der Waals surface area contributed by atoms with Gasteiger partial charge in [-0.25, -0.2) is 0 Å². The van der Waals surface area contributed by atoms with Gasteiger partial charge in [0.2, 0.25) is 0 Å². The monoisotopic (exact) mass is 198 g/mol. The largest absolute Gasteiger partial charge is 0.301 e. The molecule has 0 spiro atoms. The molecule has 0 bridgehead atoms. The Balaban J connectivity index is 3.71. The van der Waals surface area contributed by atoms with E-state index in [9.17, 15) is 0 Å². The first-order valence-corrected chi connectivity index (χ1v) is 5.47. The summed E-state index contributed by atoms with van der Waals surface area (Å²) >= 11 is 0. The van der Waals surface area contributed by atoms with Crippen molar-refractivity contribution < 1.29 is 0 Å². The Morgan fingerprint density at radius 3 is 2.50 bits per heavy atom. The number of azide groups is 1. The molecule has 0 aliphatic heterocycles. The number of hydrogen-bond acceptors (Lipinski definition) is 2. The van der Waals surface area contributed by atoms with Crippen LogP contribution in [0.25, 0.3) is 10.4 Å². The fourth-order valence-electron chi connectivity index (χ4n) is 1.41. The van der Waals surface area contributed by atoms with E-state index in [0.29, 0.717) is 12.6 Å². The minimum Gasteiger partial charge on any atom is -0.301 e. The summed E-state index contributed by atoms with van der Waals surface area (Å²) in [5, 5.41) is 3.56. The minimum absolute atomic E-state index is 0.542. The van der Waals surface area contributed by atoms with Gasteiger partial charge in [0.25, 0.3) is 0 Å². The van der Waals surface area contributed by atoms with Crippen molar-refractivity contribution >= 4 is 0 Å². The standard InChI is InChI=1S/C10H22N4/c1-4-5-6-8-14(10(2)3)9-7-12-13-11/h10H,4-9H2,1-3H3. The van der Waals surface area contributed by atoms with E-state index in [2.05, 4.69) is 35.7 Å². The molecule has 0 N–H and O–H groups in total. The van der Waals surface area contributed by atoms with E-state index in [1.807, 2.05) is 0 Å². The highest BCUT2D eigenvalue weighted by molar-refractivity contribution is 4.64. The highest BCUT2D eigenvalue weighted by Gasteiger charge is 2.07. The summed E-state index contributed by atoms with van der Waals surface area (Å²) in [7, 11) is 0. The molecule has 0 radical (unpaired) electrons. The number of rotatable bonds is 8. The normalized spacial score (nSPS) is 10.6. The fourth-order valence-corrected chi connectivity index (χ4v) is 1.41. The van der Waals surface area contributed by atoms with Crippen molar-refractivity contribution in [1.29, 1.82) is 0 Å². The predicted octanol–water partition coefficient (Wildman–Crippen LogP) is 3.20. The van der Waals surface area contributed by atoms with E-state index in [0.717, 1.165) is 13.1 Å². The second-order valence-corrected chi connectivity index (χ2v) is 3.79. The van der Waals surface area contributed by atoms with Gasteiger partial charge in [0.15, 0.2) is 0 Å². The highest BCUT2D eigenvalue weighted by Crippen LogP contribution is 2.02. The van der Waals surface area contributed by atoms with Gasteiger partial charge in [-0.3, -0.25) is 0 Å². The molecular weight excluding hydrogens is 176 g/mol. The summed E-state index contributed by atoms with van der Waals surface area (Å²) in [6.07, 6.45) is 3.78. The summed E-state index contributed by atoms with van der Waals surface area (Å²) < 4.78 is 0. The average molecular weight is 198 g/mol. The lowest BCUT2D eigenvalue weighted by atomic mass is 10.2. The molecule has 0 heterocycles. The van der Waals surface area contributed by atoms with Crippen molar-refractivity contribution in [3.8, 4) is 0 Å². The summed E-state index contributed by atoms with van der Waals surface area (Å²) in [5.41, 5.74) is 8.17. The van der Waals surface area contributed by atoms with E-state index in [4.69, 9.17) is 5.53 Å². The Morgan fingerprint density at radius 2 is 2.00 bits per heavy atom. The minimum atomic E-state index is 0.542. The Bertz CT molecular complexity index is 173. The molecule has 0 aromatic rings. The van der Waals surface area contributed by atoms with E-state index in [1.54, 1.807) is 0 Å². The van der Waals surface area contributed by atoms with Gasteiger partial charge in [-0.15, -0.1) is 0 Å². The van der Waals surface area contributed by atoms with Crippen LogP contribution in [0.4, 0.5) is 0 Å². The van der Waals surface area contributed by atoms with Gasteiger partial charge in [0.05, 0.1) is 0 Å². The van der Waals surface area contributed by atoms with Crippen LogP contribution in [-0.4, -0.2) is 30.6 Å².